The second-order valence-corrected chi connectivity index (χ2v) is 6.88. The minimum Gasteiger partial charge on any atom is -0.342 e. The number of carbonyl (C=O) groups excluding carboxylic acids is 1. The molecular formula is C20H18N6O2. The number of amides is 1. The molecule has 0 unspecified atom stereocenters. The minimum absolute atomic E-state index is 0.0935. The van der Waals surface area contributed by atoms with Gasteiger partial charge in [-0.1, -0.05) is 17.3 Å². The molecule has 1 aliphatic rings. The van der Waals surface area contributed by atoms with Crippen LogP contribution in [0.4, 0.5) is 0 Å². The highest BCUT2D eigenvalue weighted by Gasteiger charge is 2.33. The van der Waals surface area contributed by atoms with Crippen molar-refractivity contribution in [2.45, 2.75) is 18.8 Å². The third-order valence-corrected chi connectivity index (χ3v) is 4.99. The highest BCUT2D eigenvalue weighted by molar-refractivity contribution is 5.78. The molecule has 0 saturated carbocycles. The molecule has 8 heteroatoms. The Morgan fingerprint density at radius 3 is 2.79 bits per heavy atom. The predicted octanol–water partition coefficient (Wildman–Crippen LogP) is 2.57. The Labute approximate surface area is 160 Å². The Morgan fingerprint density at radius 2 is 1.96 bits per heavy atom. The first-order valence-corrected chi connectivity index (χ1v) is 9.21. The van der Waals surface area contributed by atoms with Gasteiger partial charge < -0.3 is 14.4 Å². The molecule has 0 radical (unpaired) electrons. The van der Waals surface area contributed by atoms with Gasteiger partial charge in [-0.2, -0.15) is 4.98 Å². The molecule has 0 aliphatic carbocycles. The van der Waals surface area contributed by atoms with Crippen LogP contribution in [-0.4, -0.2) is 49.0 Å². The topological polar surface area (TPSA) is 101 Å². The molecule has 1 amide bonds. The number of para-hydroxylation sites is 2. The summed E-state index contributed by atoms with van der Waals surface area (Å²) in [5.41, 5.74) is 2.83. The third-order valence-electron chi connectivity index (χ3n) is 4.99. The zero-order valence-electron chi connectivity index (χ0n) is 15.1. The number of nitrogens with one attached hydrogen (secondary N) is 1. The van der Waals surface area contributed by atoms with Crippen LogP contribution >= 0.6 is 0 Å². The molecule has 0 atom stereocenters. The predicted molar refractivity (Wildman–Crippen MR) is 101 cm³/mol. The molecule has 1 saturated heterocycles. The van der Waals surface area contributed by atoms with E-state index in [0.29, 0.717) is 37.6 Å². The summed E-state index contributed by atoms with van der Waals surface area (Å²) < 4.78 is 5.26. The van der Waals surface area contributed by atoms with Gasteiger partial charge in [-0.3, -0.25) is 9.78 Å². The van der Waals surface area contributed by atoms with Crippen molar-refractivity contribution >= 4 is 16.9 Å². The second kappa shape index (κ2) is 6.88. The van der Waals surface area contributed by atoms with Crippen LogP contribution < -0.4 is 0 Å². The molecule has 0 bridgehead atoms. The maximum atomic E-state index is 12.4. The van der Waals surface area contributed by atoms with E-state index in [0.717, 1.165) is 22.4 Å². The number of fused-ring (bicyclic) bond motifs is 1. The fraction of sp³-hybridized carbons (Fsp3) is 0.250. The first-order chi connectivity index (χ1) is 13.8. The second-order valence-electron chi connectivity index (χ2n) is 6.88. The van der Waals surface area contributed by atoms with Gasteiger partial charge >= 0.3 is 0 Å². The van der Waals surface area contributed by atoms with E-state index in [4.69, 9.17) is 4.52 Å². The fourth-order valence-corrected chi connectivity index (χ4v) is 3.37. The van der Waals surface area contributed by atoms with Crippen molar-refractivity contribution in [3.05, 3.63) is 60.5 Å². The zero-order chi connectivity index (χ0) is 18.9. The lowest BCUT2D eigenvalue weighted by Crippen LogP contribution is -2.48. The molecular weight excluding hydrogens is 356 g/mol. The Kier molecular flexibility index (Phi) is 4.08. The van der Waals surface area contributed by atoms with Crippen LogP contribution in [0.2, 0.25) is 0 Å². The molecule has 4 aromatic rings. The number of rotatable bonds is 5. The van der Waals surface area contributed by atoms with Gasteiger partial charge in [-0.15, -0.1) is 0 Å². The quantitative estimate of drug-likeness (QED) is 0.576. The number of nitrogens with zero attached hydrogens (tertiary/aromatic N) is 5. The molecule has 0 spiro atoms. The Balaban J connectivity index is 1.15. The largest absolute Gasteiger partial charge is 0.342 e. The van der Waals surface area contributed by atoms with Crippen molar-refractivity contribution < 1.29 is 9.32 Å². The van der Waals surface area contributed by atoms with E-state index in [1.165, 1.54) is 0 Å². The lowest BCUT2D eigenvalue weighted by Gasteiger charge is -2.38. The van der Waals surface area contributed by atoms with Gasteiger partial charge in [0.1, 0.15) is 5.82 Å². The third kappa shape index (κ3) is 3.13. The van der Waals surface area contributed by atoms with Crippen LogP contribution in [0, 0.1) is 0 Å². The molecule has 3 aromatic heterocycles. The molecule has 1 fully saturated rings. The molecule has 1 aliphatic heterocycles. The number of hydrogen-bond donors (Lipinski definition) is 1. The van der Waals surface area contributed by atoms with Crippen LogP contribution in [0.15, 0.2) is 53.3 Å². The van der Waals surface area contributed by atoms with E-state index in [-0.39, 0.29) is 11.8 Å². The summed E-state index contributed by atoms with van der Waals surface area (Å²) in [5, 5.41) is 3.96. The van der Waals surface area contributed by atoms with Gasteiger partial charge in [0.15, 0.2) is 0 Å². The van der Waals surface area contributed by atoms with Gasteiger partial charge in [0.2, 0.25) is 17.6 Å². The van der Waals surface area contributed by atoms with Crippen LogP contribution in [0.5, 0.6) is 0 Å². The van der Waals surface area contributed by atoms with Crippen molar-refractivity contribution in [3.63, 3.8) is 0 Å². The van der Waals surface area contributed by atoms with E-state index >= 15 is 0 Å². The number of imidazole rings is 1. The van der Waals surface area contributed by atoms with E-state index in [1.54, 1.807) is 12.4 Å². The average Bonchev–Trinajstić information content (AvgIpc) is 3.33. The first-order valence-electron chi connectivity index (χ1n) is 9.21. The number of aryl methyl sites for hydroxylation is 1. The van der Waals surface area contributed by atoms with Crippen LogP contribution in [0.3, 0.4) is 0 Å². The van der Waals surface area contributed by atoms with Crippen LogP contribution in [0.1, 0.15) is 24.1 Å². The number of benzene rings is 1. The number of aromatic nitrogens is 5. The number of pyridine rings is 1. The van der Waals surface area contributed by atoms with E-state index in [9.17, 15) is 4.79 Å². The standard InChI is InChI=1S/C20H18N6O2/c27-18(6-5-17-24-20(25-28-17)13-7-9-21-10-8-13)26-11-14(12-26)19-22-15-3-1-2-4-16(15)23-19/h1-4,7-10,14H,5-6,11-12H2,(H,22,23). The number of H-pyrrole nitrogens is 1. The highest BCUT2D eigenvalue weighted by Crippen LogP contribution is 2.27. The van der Waals surface area contributed by atoms with Crippen molar-refractivity contribution in [3.8, 4) is 11.4 Å². The SMILES string of the molecule is O=C(CCc1nc(-c2ccncc2)no1)N1CC(c2nc3ccccc3[nH]2)C1. The van der Waals surface area contributed by atoms with Crippen molar-refractivity contribution in [1.82, 2.24) is 30.0 Å². The molecule has 1 N–H and O–H groups in total. The normalized spacial score (nSPS) is 14.4. The average molecular weight is 374 g/mol. The van der Waals surface area contributed by atoms with Crippen molar-refractivity contribution in [2.75, 3.05) is 13.1 Å². The molecule has 28 heavy (non-hydrogen) atoms. The van der Waals surface area contributed by atoms with Gasteiger partial charge in [0.05, 0.1) is 17.0 Å². The number of carbonyl (C=O) groups is 1. The van der Waals surface area contributed by atoms with E-state index < -0.39 is 0 Å². The number of hydrogen-bond acceptors (Lipinski definition) is 6. The molecule has 4 heterocycles. The fourth-order valence-electron chi connectivity index (χ4n) is 3.37. The van der Waals surface area contributed by atoms with Gasteiger partial charge in [0, 0.05) is 43.9 Å². The summed E-state index contributed by atoms with van der Waals surface area (Å²) in [4.78, 5) is 30.6. The Morgan fingerprint density at radius 1 is 1.14 bits per heavy atom. The maximum absolute atomic E-state index is 12.4. The highest BCUT2D eigenvalue weighted by atomic mass is 16.5. The molecule has 8 nitrogen and oxygen atoms in total. The monoisotopic (exact) mass is 374 g/mol. The lowest BCUT2D eigenvalue weighted by atomic mass is 9.99. The van der Waals surface area contributed by atoms with Crippen molar-refractivity contribution in [2.24, 2.45) is 0 Å². The van der Waals surface area contributed by atoms with E-state index in [1.807, 2.05) is 41.3 Å². The number of aromatic amines is 1. The van der Waals surface area contributed by atoms with Gasteiger partial charge in [-0.25, -0.2) is 4.98 Å². The Hall–Kier alpha value is -3.55. The molecule has 5 rings (SSSR count). The lowest BCUT2D eigenvalue weighted by molar-refractivity contribution is -0.135. The van der Waals surface area contributed by atoms with Gasteiger partial charge in [0.25, 0.3) is 0 Å². The number of likely N-dealkylation sites (tertiary alicyclic amines) is 1. The van der Waals surface area contributed by atoms with Crippen molar-refractivity contribution in [1.29, 1.82) is 0 Å². The van der Waals surface area contributed by atoms with Gasteiger partial charge in [-0.05, 0) is 24.3 Å². The first kappa shape index (κ1) is 16.6. The maximum Gasteiger partial charge on any atom is 0.227 e. The summed E-state index contributed by atoms with van der Waals surface area (Å²) in [6.07, 6.45) is 4.14. The van der Waals surface area contributed by atoms with E-state index in [2.05, 4.69) is 25.1 Å². The summed E-state index contributed by atoms with van der Waals surface area (Å²) in [5.74, 6) is 2.28. The Bertz CT molecular complexity index is 1080. The molecule has 1 aromatic carbocycles. The summed E-state index contributed by atoms with van der Waals surface area (Å²) in [7, 11) is 0. The van der Waals surface area contributed by atoms with Crippen LogP contribution in [-0.2, 0) is 11.2 Å². The summed E-state index contributed by atoms with van der Waals surface area (Å²) >= 11 is 0. The zero-order valence-corrected chi connectivity index (χ0v) is 15.1. The molecule has 140 valence electrons. The summed E-state index contributed by atoms with van der Waals surface area (Å²) in [6, 6.07) is 11.6. The summed E-state index contributed by atoms with van der Waals surface area (Å²) in [6.45, 7) is 1.37. The minimum atomic E-state index is 0.0935. The smallest absolute Gasteiger partial charge is 0.227 e. The van der Waals surface area contributed by atoms with Crippen LogP contribution in [0.25, 0.3) is 22.4 Å².